The van der Waals surface area contributed by atoms with E-state index in [2.05, 4.69) is 0 Å². The van der Waals surface area contributed by atoms with E-state index in [0.29, 0.717) is 0 Å². The average Bonchev–Trinajstić information content (AvgIpc) is 2.26. The van der Waals surface area contributed by atoms with Crippen LogP contribution in [0.15, 0.2) is 12.1 Å². The molecule has 0 saturated heterocycles. The molecule has 0 N–H and O–H groups in total. The molecule has 1 aromatic carbocycles. The molecule has 0 fully saturated rings. The van der Waals surface area contributed by atoms with Crippen molar-refractivity contribution in [3.05, 3.63) is 34.4 Å². The third kappa shape index (κ3) is 2.87. The van der Waals surface area contributed by atoms with Crippen molar-refractivity contribution in [1.82, 2.24) is 0 Å². The summed E-state index contributed by atoms with van der Waals surface area (Å²) in [7, 11) is 0. The number of halogens is 4. The minimum absolute atomic E-state index is 0. The van der Waals surface area contributed by atoms with Gasteiger partial charge in [-0.25, -0.2) is 13.2 Å². The number of nitrogens with zero attached hydrogens (tertiary/aromatic N) is 1. The molecule has 0 aromatic heterocycles. The van der Waals surface area contributed by atoms with E-state index in [1.54, 1.807) is 6.07 Å². The maximum Gasteiger partial charge on any atom is 0.116 e. The molecule has 5 heteroatoms. The Balaban J connectivity index is 0.00000196. The molecule has 0 aliphatic carbocycles. The van der Waals surface area contributed by atoms with Crippen LogP contribution < -0.4 is 0 Å². The van der Waals surface area contributed by atoms with Crippen LogP contribution in [0.3, 0.4) is 0 Å². The van der Waals surface area contributed by atoms with Crippen LogP contribution in [0, 0.1) is 11.3 Å². The zero-order chi connectivity index (χ0) is 10.6. The smallest absolute Gasteiger partial charge is 0.116 e. The Morgan fingerprint density at radius 3 is 1.73 bits per heavy atom. The molecule has 0 aliphatic rings. The summed E-state index contributed by atoms with van der Waals surface area (Å²) in [5, 5.41) is 8.65. The lowest BCUT2D eigenvalue weighted by molar-refractivity contribution is 0.464. The first kappa shape index (κ1) is 13.8. The molecule has 0 saturated carbocycles. The van der Waals surface area contributed by atoms with E-state index in [0.717, 1.165) is 0 Å². The van der Waals surface area contributed by atoms with Gasteiger partial charge in [0.2, 0.25) is 0 Å². The Bertz CT molecular complexity index is 348. The molecule has 0 unspecified atom stereocenters. The Labute approximate surface area is 91.9 Å². The topological polar surface area (TPSA) is 23.8 Å². The van der Waals surface area contributed by atoms with E-state index in [1.807, 2.05) is 0 Å². The summed E-state index contributed by atoms with van der Waals surface area (Å²) in [4.78, 5) is 0. The number of rotatable bonds is 3. The number of alkyl halides is 3. The van der Waals surface area contributed by atoms with E-state index in [4.69, 9.17) is 5.26 Å². The second kappa shape index (κ2) is 6.31. The number of benzene rings is 1. The van der Waals surface area contributed by atoms with Gasteiger partial charge >= 0.3 is 0 Å². The standard InChI is InChI=1S/C10H8F3N.ClH/c11-3-7-1-8(4-12)10(6-14)9(2-7)5-13;/h1-2H,3-5H2;1H. The van der Waals surface area contributed by atoms with Crippen LogP contribution in [-0.4, -0.2) is 0 Å². The highest BCUT2D eigenvalue weighted by Crippen LogP contribution is 2.20. The Hall–Kier alpha value is -1.21. The summed E-state index contributed by atoms with van der Waals surface area (Å²) < 4.78 is 37.1. The van der Waals surface area contributed by atoms with Gasteiger partial charge in [-0.2, -0.15) is 5.26 Å². The van der Waals surface area contributed by atoms with Gasteiger partial charge in [0.15, 0.2) is 0 Å². The minimum Gasteiger partial charge on any atom is -0.246 e. The lowest BCUT2D eigenvalue weighted by atomic mass is 10.00. The summed E-state index contributed by atoms with van der Waals surface area (Å²) in [5.41, 5.74) is 0.280. The lowest BCUT2D eigenvalue weighted by Crippen LogP contribution is -1.96. The molecule has 0 aliphatic heterocycles. The maximum atomic E-state index is 12.4. The zero-order valence-electron chi connectivity index (χ0n) is 7.77. The van der Waals surface area contributed by atoms with Crippen LogP contribution in [-0.2, 0) is 20.0 Å². The molecule has 0 heterocycles. The fourth-order valence-electron chi connectivity index (χ4n) is 1.27. The van der Waals surface area contributed by atoms with Crippen molar-refractivity contribution in [2.75, 3.05) is 0 Å². The molecule has 15 heavy (non-hydrogen) atoms. The average molecular weight is 236 g/mol. The first-order chi connectivity index (χ1) is 6.76. The van der Waals surface area contributed by atoms with E-state index < -0.39 is 20.0 Å². The summed E-state index contributed by atoms with van der Waals surface area (Å²) in [6.45, 7) is -2.56. The van der Waals surface area contributed by atoms with Crippen LogP contribution in [0.4, 0.5) is 13.2 Å². The van der Waals surface area contributed by atoms with E-state index in [1.165, 1.54) is 12.1 Å². The van der Waals surface area contributed by atoms with Gasteiger partial charge in [0.1, 0.15) is 20.0 Å². The highest BCUT2D eigenvalue weighted by molar-refractivity contribution is 5.85. The van der Waals surface area contributed by atoms with Crippen molar-refractivity contribution in [2.24, 2.45) is 0 Å². The normalized spacial score (nSPS) is 9.20. The molecule has 0 radical (unpaired) electrons. The van der Waals surface area contributed by atoms with Crippen LogP contribution in [0.25, 0.3) is 0 Å². The van der Waals surface area contributed by atoms with Gasteiger partial charge in [0.05, 0.1) is 11.6 Å². The molecule has 1 aromatic rings. The molecule has 1 rings (SSSR count). The van der Waals surface area contributed by atoms with Crippen molar-refractivity contribution in [1.29, 1.82) is 5.26 Å². The van der Waals surface area contributed by atoms with Gasteiger partial charge in [-0.1, -0.05) is 0 Å². The highest BCUT2D eigenvalue weighted by atomic mass is 35.5. The molecule has 0 spiro atoms. The predicted octanol–water partition coefficient (Wildman–Crippen LogP) is 3.39. The van der Waals surface area contributed by atoms with Crippen LogP contribution in [0.2, 0.25) is 0 Å². The third-order valence-corrected chi connectivity index (χ3v) is 1.92. The SMILES string of the molecule is Cl.N#Cc1c(CF)cc(CF)cc1CF. The quantitative estimate of drug-likeness (QED) is 0.788. The van der Waals surface area contributed by atoms with Crippen molar-refractivity contribution >= 4 is 12.4 Å². The number of hydrogen-bond acceptors (Lipinski definition) is 1. The lowest BCUT2D eigenvalue weighted by Gasteiger charge is -2.06. The van der Waals surface area contributed by atoms with Crippen molar-refractivity contribution in [3.63, 3.8) is 0 Å². The van der Waals surface area contributed by atoms with Crippen LogP contribution in [0.1, 0.15) is 22.3 Å². The fourth-order valence-corrected chi connectivity index (χ4v) is 1.27. The Morgan fingerprint density at radius 2 is 1.47 bits per heavy atom. The molecule has 0 amide bonds. The largest absolute Gasteiger partial charge is 0.246 e. The van der Waals surface area contributed by atoms with Crippen LogP contribution >= 0.6 is 12.4 Å². The zero-order valence-corrected chi connectivity index (χ0v) is 8.58. The number of hydrogen-bond donors (Lipinski definition) is 0. The third-order valence-electron chi connectivity index (χ3n) is 1.92. The van der Waals surface area contributed by atoms with E-state index in [9.17, 15) is 13.2 Å². The monoisotopic (exact) mass is 235 g/mol. The number of nitriles is 1. The molecule has 0 bridgehead atoms. The second-order valence-electron chi connectivity index (χ2n) is 2.80. The molecular formula is C10H9ClF3N. The molecular weight excluding hydrogens is 227 g/mol. The predicted molar refractivity (Wildman–Crippen MR) is 52.8 cm³/mol. The van der Waals surface area contributed by atoms with E-state index in [-0.39, 0.29) is 34.7 Å². The summed E-state index contributed by atoms with van der Waals surface area (Å²) in [6, 6.07) is 4.21. The Morgan fingerprint density at radius 1 is 1.00 bits per heavy atom. The second-order valence-corrected chi connectivity index (χ2v) is 2.80. The van der Waals surface area contributed by atoms with Gasteiger partial charge in [-0.15, -0.1) is 12.4 Å². The van der Waals surface area contributed by atoms with Gasteiger partial charge in [0.25, 0.3) is 0 Å². The van der Waals surface area contributed by atoms with Crippen LogP contribution in [0.5, 0.6) is 0 Å². The van der Waals surface area contributed by atoms with Crippen molar-refractivity contribution in [3.8, 4) is 6.07 Å². The first-order valence-corrected chi connectivity index (χ1v) is 3.99. The van der Waals surface area contributed by atoms with Crippen molar-refractivity contribution in [2.45, 2.75) is 20.0 Å². The Kier molecular flexibility index (Phi) is 5.80. The summed E-state index contributed by atoms with van der Waals surface area (Å²) in [6.07, 6.45) is 0. The highest BCUT2D eigenvalue weighted by Gasteiger charge is 2.10. The van der Waals surface area contributed by atoms with Gasteiger partial charge < -0.3 is 0 Å². The summed E-state index contributed by atoms with van der Waals surface area (Å²) in [5.74, 6) is 0. The van der Waals surface area contributed by atoms with Gasteiger partial charge in [-0.05, 0) is 17.7 Å². The van der Waals surface area contributed by atoms with Gasteiger partial charge in [0, 0.05) is 11.1 Å². The molecule has 0 atom stereocenters. The molecule has 82 valence electrons. The van der Waals surface area contributed by atoms with Gasteiger partial charge in [-0.3, -0.25) is 0 Å². The fraction of sp³-hybridized carbons (Fsp3) is 0.300. The van der Waals surface area contributed by atoms with E-state index >= 15 is 0 Å². The maximum absolute atomic E-state index is 12.4. The minimum atomic E-state index is -0.885. The van der Waals surface area contributed by atoms with Crippen molar-refractivity contribution < 1.29 is 13.2 Å². The summed E-state index contributed by atoms with van der Waals surface area (Å²) >= 11 is 0. The first-order valence-electron chi connectivity index (χ1n) is 3.99. The molecule has 1 nitrogen and oxygen atoms in total.